The Balaban J connectivity index is 1.59. The molecule has 0 unspecified atom stereocenters. The molecule has 156 valence electrons. The first-order valence-electron chi connectivity index (χ1n) is 9.26. The van der Waals surface area contributed by atoms with Gasteiger partial charge < -0.3 is 10.1 Å². The number of sulfonamides is 1. The Labute approximate surface area is 180 Å². The van der Waals surface area contributed by atoms with E-state index < -0.39 is 10.0 Å². The minimum Gasteiger partial charge on any atom is -0.494 e. The fourth-order valence-electron chi connectivity index (χ4n) is 2.67. The lowest BCUT2D eigenvalue weighted by Gasteiger charge is -2.10. The number of hydrogen-bond donors (Lipinski definition) is 2. The van der Waals surface area contributed by atoms with Crippen LogP contribution in [0.4, 0.5) is 5.69 Å². The molecule has 2 N–H and O–H groups in total. The van der Waals surface area contributed by atoms with Crippen LogP contribution in [0.1, 0.15) is 22.8 Å². The van der Waals surface area contributed by atoms with Crippen molar-refractivity contribution in [2.75, 3.05) is 11.3 Å². The number of rotatable bonds is 8. The predicted octanol–water partition coefficient (Wildman–Crippen LogP) is 4.47. The van der Waals surface area contributed by atoms with Gasteiger partial charge >= 0.3 is 0 Å². The number of carbonyl (C=O) groups is 1. The third-order valence-electron chi connectivity index (χ3n) is 4.21. The highest BCUT2D eigenvalue weighted by Gasteiger charge is 2.14. The molecule has 8 heteroatoms. The number of hydrogen-bond acceptors (Lipinski definition) is 4. The summed E-state index contributed by atoms with van der Waals surface area (Å²) in [6.07, 6.45) is 0. The molecule has 1 amide bonds. The molecule has 0 saturated carbocycles. The summed E-state index contributed by atoms with van der Waals surface area (Å²) in [5.41, 5.74) is 1.72. The molecule has 30 heavy (non-hydrogen) atoms. The van der Waals surface area contributed by atoms with Crippen molar-refractivity contribution in [3.63, 3.8) is 0 Å². The molecule has 0 spiro atoms. The minimum atomic E-state index is -3.74. The zero-order chi connectivity index (χ0) is 21.6. The zero-order valence-electron chi connectivity index (χ0n) is 16.3. The fraction of sp³-hybridized carbons (Fsp3) is 0.136. The standard InChI is InChI=1S/C22H21ClN2O4S/c1-2-29-20-11-3-16(4-12-20)15-24-22(26)17-5-9-19(10-6-17)25-30(27,28)21-13-7-18(23)8-14-21/h3-14,25H,2,15H2,1H3,(H,24,26). The van der Waals surface area contributed by atoms with Gasteiger partial charge in [-0.2, -0.15) is 0 Å². The van der Waals surface area contributed by atoms with Crippen molar-refractivity contribution in [3.05, 3.63) is 88.9 Å². The normalized spacial score (nSPS) is 11.0. The van der Waals surface area contributed by atoms with Crippen molar-refractivity contribution >= 4 is 33.2 Å². The van der Waals surface area contributed by atoms with Gasteiger partial charge in [-0.3, -0.25) is 9.52 Å². The molecule has 0 aromatic heterocycles. The molecular formula is C22H21ClN2O4S. The fourth-order valence-corrected chi connectivity index (χ4v) is 3.86. The van der Waals surface area contributed by atoms with Gasteiger partial charge in [-0.1, -0.05) is 23.7 Å². The second kappa shape index (κ2) is 9.65. The van der Waals surface area contributed by atoms with Crippen LogP contribution in [0.25, 0.3) is 0 Å². The van der Waals surface area contributed by atoms with Crippen LogP contribution < -0.4 is 14.8 Å². The van der Waals surface area contributed by atoms with Gasteiger partial charge in [-0.15, -0.1) is 0 Å². The summed E-state index contributed by atoms with van der Waals surface area (Å²) in [4.78, 5) is 12.5. The number of benzene rings is 3. The number of amides is 1. The van der Waals surface area contributed by atoms with E-state index in [0.29, 0.717) is 29.4 Å². The maximum absolute atomic E-state index is 12.4. The second-order valence-electron chi connectivity index (χ2n) is 6.40. The van der Waals surface area contributed by atoms with Gasteiger partial charge in [-0.05, 0) is 73.2 Å². The van der Waals surface area contributed by atoms with E-state index in [9.17, 15) is 13.2 Å². The van der Waals surface area contributed by atoms with Crippen LogP contribution >= 0.6 is 11.6 Å². The Morgan fingerprint density at radius 1 is 0.933 bits per heavy atom. The van der Waals surface area contributed by atoms with E-state index in [2.05, 4.69) is 10.0 Å². The van der Waals surface area contributed by atoms with Crippen molar-refractivity contribution in [1.29, 1.82) is 0 Å². The summed E-state index contributed by atoms with van der Waals surface area (Å²) in [6, 6.07) is 19.6. The van der Waals surface area contributed by atoms with Gasteiger partial charge in [0.25, 0.3) is 15.9 Å². The average molecular weight is 445 g/mol. The van der Waals surface area contributed by atoms with Crippen molar-refractivity contribution in [3.8, 4) is 5.75 Å². The Hall–Kier alpha value is -3.03. The van der Waals surface area contributed by atoms with Gasteiger partial charge in [0.15, 0.2) is 0 Å². The highest BCUT2D eigenvalue weighted by molar-refractivity contribution is 7.92. The molecule has 3 aromatic carbocycles. The second-order valence-corrected chi connectivity index (χ2v) is 8.52. The number of ether oxygens (including phenoxy) is 1. The first-order chi connectivity index (χ1) is 14.4. The van der Waals surface area contributed by atoms with Crippen molar-refractivity contribution in [1.82, 2.24) is 5.32 Å². The van der Waals surface area contributed by atoms with E-state index in [4.69, 9.17) is 16.3 Å². The molecule has 0 aliphatic rings. The van der Waals surface area contributed by atoms with Crippen LogP contribution in [-0.2, 0) is 16.6 Å². The molecule has 0 aliphatic heterocycles. The van der Waals surface area contributed by atoms with Crippen molar-refractivity contribution < 1.29 is 17.9 Å². The van der Waals surface area contributed by atoms with Gasteiger partial charge in [0.1, 0.15) is 5.75 Å². The highest BCUT2D eigenvalue weighted by Crippen LogP contribution is 2.19. The van der Waals surface area contributed by atoms with Crippen LogP contribution in [0, 0.1) is 0 Å². The molecule has 0 radical (unpaired) electrons. The van der Waals surface area contributed by atoms with E-state index in [1.165, 1.54) is 24.3 Å². The quantitative estimate of drug-likeness (QED) is 0.536. The van der Waals surface area contributed by atoms with Crippen LogP contribution in [0.3, 0.4) is 0 Å². The summed E-state index contributed by atoms with van der Waals surface area (Å²) in [5.74, 6) is 0.528. The molecule has 0 aliphatic carbocycles. The molecule has 0 fully saturated rings. The average Bonchev–Trinajstić information content (AvgIpc) is 2.74. The molecule has 0 heterocycles. The van der Waals surface area contributed by atoms with E-state index in [0.717, 1.165) is 11.3 Å². The summed E-state index contributed by atoms with van der Waals surface area (Å²) < 4.78 is 32.7. The zero-order valence-corrected chi connectivity index (χ0v) is 17.8. The molecule has 3 rings (SSSR count). The Kier molecular flexibility index (Phi) is 6.97. The summed E-state index contributed by atoms with van der Waals surface area (Å²) in [5, 5.41) is 3.29. The topological polar surface area (TPSA) is 84.5 Å². The van der Waals surface area contributed by atoms with Crippen LogP contribution in [0.2, 0.25) is 5.02 Å². The first kappa shape index (κ1) is 21.7. The maximum atomic E-state index is 12.4. The number of anilines is 1. The highest BCUT2D eigenvalue weighted by atomic mass is 35.5. The van der Waals surface area contributed by atoms with E-state index in [1.807, 2.05) is 31.2 Å². The van der Waals surface area contributed by atoms with E-state index >= 15 is 0 Å². The predicted molar refractivity (Wildman–Crippen MR) is 117 cm³/mol. The summed E-state index contributed by atoms with van der Waals surface area (Å²) in [7, 11) is -3.74. The van der Waals surface area contributed by atoms with Gasteiger partial charge in [0.05, 0.1) is 11.5 Å². The largest absolute Gasteiger partial charge is 0.494 e. The third-order valence-corrected chi connectivity index (χ3v) is 5.86. The molecular weight excluding hydrogens is 424 g/mol. The summed E-state index contributed by atoms with van der Waals surface area (Å²) >= 11 is 5.79. The molecule has 0 bridgehead atoms. The molecule has 3 aromatic rings. The third kappa shape index (κ3) is 5.75. The maximum Gasteiger partial charge on any atom is 0.261 e. The Bertz CT molecular complexity index is 1100. The lowest BCUT2D eigenvalue weighted by atomic mass is 10.2. The van der Waals surface area contributed by atoms with Crippen LogP contribution in [-0.4, -0.2) is 20.9 Å². The SMILES string of the molecule is CCOc1ccc(CNC(=O)c2ccc(NS(=O)(=O)c3ccc(Cl)cc3)cc2)cc1. The first-order valence-corrected chi connectivity index (χ1v) is 11.1. The van der Waals surface area contributed by atoms with E-state index in [1.54, 1.807) is 24.3 Å². The van der Waals surface area contributed by atoms with E-state index in [-0.39, 0.29) is 10.8 Å². The minimum absolute atomic E-state index is 0.101. The summed E-state index contributed by atoms with van der Waals surface area (Å²) in [6.45, 7) is 2.89. The van der Waals surface area contributed by atoms with Crippen LogP contribution in [0.15, 0.2) is 77.7 Å². The van der Waals surface area contributed by atoms with Gasteiger partial charge in [0, 0.05) is 22.8 Å². The number of nitrogens with one attached hydrogen (secondary N) is 2. The van der Waals surface area contributed by atoms with Crippen molar-refractivity contribution in [2.24, 2.45) is 0 Å². The van der Waals surface area contributed by atoms with Gasteiger partial charge in [0.2, 0.25) is 0 Å². The monoisotopic (exact) mass is 444 g/mol. The molecule has 0 atom stereocenters. The molecule has 0 saturated heterocycles. The lowest BCUT2D eigenvalue weighted by molar-refractivity contribution is 0.0951. The van der Waals surface area contributed by atoms with Crippen molar-refractivity contribution in [2.45, 2.75) is 18.4 Å². The molecule has 6 nitrogen and oxygen atoms in total. The van der Waals surface area contributed by atoms with Crippen LogP contribution in [0.5, 0.6) is 5.75 Å². The Morgan fingerprint density at radius 3 is 2.17 bits per heavy atom. The number of carbonyl (C=O) groups excluding carboxylic acids is 1. The smallest absolute Gasteiger partial charge is 0.261 e. The van der Waals surface area contributed by atoms with Gasteiger partial charge in [-0.25, -0.2) is 8.42 Å². The Morgan fingerprint density at radius 2 is 1.57 bits per heavy atom. The number of halogens is 1. The lowest BCUT2D eigenvalue weighted by Crippen LogP contribution is -2.22.